The van der Waals surface area contributed by atoms with E-state index in [0.29, 0.717) is 28.3 Å². The van der Waals surface area contributed by atoms with E-state index in [0.717, 1.165) is 16.0 Å². The van der Waals surface area contributed by atoms with E-state index in [9.17, 15) is 4.79 Å². The van der Waals surface area contributed by atoms with Crippen molar-refractivity contribution in [2.24, 2.45) is 16.5 Å². The first-order chi connectivity index (χ1) is 14.6. The Morgan fingerprint density at radius 3 is 2.77 bits per heavy atom. The van der Waals surface area contributed by atoms with Gasteiger partial charge in [0.2, 0.25) is 0 Å². The van der Waals surface area contributed by atoms with Crippen LogP contribution in [0.15, 0.2) is 71.1 Å². The highest BCUT2D eigenvalue weighted by molar-refractivity contribution is 7.98. The van der Waals surface area contributed by atoms with Crippen LogP contribution in [0.3, 0.4) is 0 Å². The standard InChI is InChI=1S/C20H18N8OS/c21-20(22)27-14-6-4-13(5-7-14)18(29)26-15-3-1-2-12(8-15)10-30-19-16-9-25-28-17(16)23-11-24-19/h1-9,11H,10H2,(H,26,29)(H4,21,22,27)(H,23,24,25,28). The van der Waals surface area contributed by atoms with E-state index in [2.05, 4.69) is 30.5 Å². The maximum Gasteiger partial charge on any atom is 0.255 e. The molecule has 2 aromatic heterocycles. The normalized spacial score (nSPS) is 10.7. The number of carbonyl (C=O) groups excluding carboxylic acids is 1. The molecule has 0 unspecified atom stereocenters. The highest BCUT2D eigenvalue weighted by Crippen LogP contribution is 2.27. The Bertz CT molecular complexity index is 1210. The monoisotopic (exact) mass is 418 g/mol. The van der Waals surface area contributed by atoms with Gasteiger partial charge in [0.15, 0.2) is 11.6 Å². The average molecular weight is 418 g/mol. The molecule has 0 fully saturated rings. The molecule has 0 saturated carbocycles. The van der Waals surface area contributed by atoms with Crippen molar-refractivity contribution < 1.29 is 4.79 Å². The predicted octanol–water partition coefficient (Wildman–Crippen LogP) is 2.80. The van der Waals surface area contributed by atoms with Gasteiger partial charge in [0, 0.05) is 17.0 Å². The van der Waals surface area contributed by atoms with Crippen molar-refractivity contribution >= 4 is 46.0 Å². The lowest BCUT2D eigenvalue weighted by Crippen LogP contribution is -2.21. The highest BCUT2D eigenvalue weighted by Gasteiger charge is 2.09. The van der Waals surface area contributed by atoms with Gasteiger partial charge in [-0.15, -0.1) is 11.8 Å². The summed E-state index contributed by atoms with van der Waals surface area (Å²) in [5.74, 6) is 0.443. The van der Waals surface area contributed by atoms with E-state index >= 15 is 0 Å². The number of benzene rings is 2. The van der Waals surface area contributed by atoms with Gasteiger partial charge in [0.1, 0.15) is 11.4 Å². The summed E-state index contributed by atoms with van der Waals surface area (Å²) in [4.78, 5) is 24.9. The molecule has 0 atom stereocenters. The van der Waals surface area contributed by atoms with Gasteiger partial charge >= 0.3 is 0 Å². The lowest BCUT2D eigenvalue weighted by Gasteiger charge is -2.08. The number of anilines is 1. The Kier molecular flexibility index (Phi) is 5.57. The molecule has 150 valence electrons. The van der Waals surface area contributed by atoms with Crippen LogP contribution in [0.5, 0.6) is 0 Å². The van der Waals surface area contributed by atoms with E-state index in [1.54, 1.807) is 42.2 Å². The van der Waals surface area contributed by atoms with Crippen LogP contribution in [0, 0.1) is 0 Å². The quantitative estimate of drug-likeness (QED) is 0.163. The van der Waals surface area contributed by atoms with Gasteiger partial charge in [-0.2, -0.15) is 5.10 Å². The van der Waals surface area contributed by atoms with Crippen molar-refractivity contribution in [3.63, 3.8) is 0 Å². The van der Waals surface area contributed by atoms with Gasteiger partial charge < -0.3 is 16.8 Å². The van der Waals surface area contributed by atoms with Crippen LogP contribution >= 0.6 is 11.8 Å². The van der Waals surface area contributed by atoms with Gasteiger partial charge in [-0.25, -0.2) is 15.0 Å². The van der Waals surface area contributed by atoms with E-state index in [1.165, 1.54) is 6.33 Å². The first-order valence-electron chi connectivity index (χ1n) is 8.95. The molecular weight excluding hydrogens is 400 g/mol. The largest absolute Gasteiger partial charge is 0.370 e. The summed E-state index contributed by atoms with van der Waals surface area (Å²) >= 11 is 1.58. The van der Waals surface area contributed by atoms with E-state index in [-0.39, 0.29) is 11.9 Å². The van der Waals surface area contributed by atoms with Crippen molar-refractivity contribution in [3.8, 4) is 0 Å². The number of aromatic amines is 1. The molecule has 9 nitrogen and oxygen atoms in total. The number of nitrogens with two attached hydrogens (primary N) is 2. The molecule has 30 heavy (non-hydrogen) atoms. The third-order valence-corrected chi connectivity index (χ3v) is 5.24. The molecular formula is C20H18N8OS. The predicted molar refractivity (Wildman–Crippen MR) is 118 cm³/mol. The Hall–Kier alpha value is -3.92. The van der Waals surface area contributed by atoms with Gasteiger partial charge in [0.05, 0.1) is 17.3 Å². The van der Waals surface area contributed by atoms with Crippen molar-refractivity contribution in [1.82, 2.24) is 20.2 Å². The third kappa shape index (κ3) is 4.55. The summed E-state index contributed by atoms with van der Waals surface area (Å²) in [6.45, 7) is 0. The molecule has 0 bridgehead atoms. The van der Waals surface area contributed by atoms with Crippen LogP contribution < -0.4 is 16.8 Å². The Morgan fingerprint density at radius 1 is 1.13 bits per heavy atom. The minimum Gasteiger partial charge on any atom is -0.370 e. The summed E-state index contributed by atoms with van der Waals surface area (Å²) in [6.07, 6.45) is 3.23. The number of thioether (sulfide) groups is 1. The van der Waals surface area contributed by atoms with Gasteiger partial charge in [-0.3, -0.25) is 9.89 Å². The zero-order valence-electron chi connectivity index (χ0n) is 15.7. The molecule has 2 aromatic carbocycles. The number of aliphatic imine (C=N–C) groups is 1. The number of aromatic nitrogens is 4. The van der Waals surface area contributed by atoms with Crippen LogP contribution in [0.1, 0.15) is 15.9 Å². The van der Waals surface area contributed by atoms with Crippen molar-refractivity contribution in [3.05, 3.63) is 72.2 Å². The van der Waals surface area contributed by atoms with Gasteiger partial charge in [0.25, 0.3) is 5.91 Å². The molecule has 0 aliphatic rings. The SMILES string of the molecule is NC(N)=Nc1ccc(C(=O)Nc2cccc(CSc3ncnc4[nH]ncc34)c2)cc1. The molecule has 0 aliphatic heterocycles. The minimum absolute atomic E-state index is 0.0302. The van der Waals surface area contributed by atoms with Crippen LogP contribution in [0.25, 0.3) is 11.0 Å². The lowest BCUT2D eigenvalue weighted by molar-refractivity contribution is 0.102. The molecule has 4 rings (SSSR count). The molecule has 0 aliphatic carbocycles. The summed E-state index contributed by atoms with van der Waals surface area (Å²) in [5.41, 5.74) is 14.3. The molecule has 0 radical (unpaired) electrons. The summed E-state index contributed by atoms with van der Waals surface area (Å²) in [6, 6.07) is 14.4. The third-order valence-electron chi connectivity index (χ3n) is 4.16. The zero-order chi connectivity index (χ0) is 20.9. The summed E-state index contributed by atoms with van der Waals surface area (Å²) < 4.78 is 0. The second-order valence-corrected chi connectivity index (χ2v) is 7.30. The second kappa shape index (κ2) is 8.62. The fourth-order valence-corrected chi connectivity index (χ4v) is 3.70. The number of hydrogen-bond donors (Lipinski definition) is 4. The van der Waals surface area contributed by atoms with Crippen molar-refractivity contribution in [1.29, 1.82) is 0 Å². The smallest absolute Gasteiger partial charge is 0.255 e. The number of nitrogens with one attached hydrogen (secondary N) is 2. The second-order valence-electron chi connectivity index (χ2n) is 6.34. The highest BCUT2D eigenvalue weighted by atomic mass is 32.2. The van der Waals surface area contributed by atoms with Gasteiger partial charge in [-0.05, 0) is 42.0 Å². The number of guanidine groups is 1. The van der Waals surface area contributed by atoms with Crippen LogP contribution in [0.2, 0.25) is 0 Å². The van der Waals surface area contributed by atoms with Crippen LogP contribution in [-0.4, -0.2) is 32.0 Å². The fourth-order valence-electron chi connectivity index (χ4n) is 2.79. The number of nitrogens with zero attached hydrogens (tertiary/aromatic N) is 4. The lowest BCUT2D eigenvalue weighted by atomic mass is 10.1. The van der Waals surface area contributed by atoms with E-state index < -0.39 is 0 Å². The number of fused-ring (bicyclic) bond motifs is 1. The number of rotatable bonds is 6. The maximum atomic E-state index is 12.5. The van der Waals surface area contributed by atoms with Gasteiger partial charge in [-0.1, -0.05) is 12.1 Å². The Balaban J connectivity index is 1.42. The molecule has 10 heteroatoms. The summed E-state index contributed by atoms with van der Waals surface area (Å²) in [7, 11) is 0. The van der Waals surface area contributed by atoms with E-state index in [4.69, 9.17) is 11.5 Å². The molecule has 1 amide bonds. The molecule has 6 N–H and O–H groups in total. The first-order valence-corrected chi connectivity index (χ1v) is 9.94. The van der Waals surface area contributed by atoms with Crippen molar-refractivity contribution in [2.75, 3.05) is 5.32 Å². The van der Waals surface area contributed by atoms with E-state index in [1.807, 2.05) is 24.3 Å². The molecule has 2 heterocycles. The summed E-state index contributed by atoms with van der Waals surface area (Å²) in [5, 5.41) is 11.5. The fraction of sp³-hybridized carbons (Fsp3) is 0.0500. The molecule has 0 saturated heterocycles. The minimum atomic E-state index is -0.216. The van der Waals surface area contributed by atoms with Crippen molar-refractivity contribution in [2.45, 2.75) is 10.8 Å². The maximum absolute atomic E-state index is 12.5. The molecule has 4 aromatic rings. The van der Waals surface area contributed by atoms with Crippen LogP contribution in [-0.2, 0) is 5.75 Å². The number of amides is 1. The first kappa shape index (κ1) is 19.4. The number of hydrogen-bond acceptors (Lipinski definition) is 6. The Labute approximate surface area is 176 Å². The number of carbonyl (C=O) groups is 1. The molecule has 0 spiro atoms. The average Bonchev–Trinajstić information content (AvgIpc) is 3.22. The zero-order valence-corrected chi connectivity index (χ0v) is 16.6. The Morgan fingerprint density at radius 2 is 1.97 bits per heavy atom. The number of H-pyrrole nitrogens is 1. The topological polar surface area (TPSA) is 148 Å². The van der Waals surface area contributed by atoms with Crippen LogP contribution in [0.4, 0.5) is 11.4 Å².